The third kappa shape index (κ3) is 6.55. The third-order valence-electron chi connectivity index (χ3n) is 6.85. The van der Waals surface area contributed by atoms with Crippen molar-refractivity contribution in [3.8, 4) is 0 Å². The molecule has 1 aliphatic heterocycles. The monoisotopic (exact) mass is 536 g/mol. The van der Waals surface area contributed by atoms with Crippen LogP contribution in [0.2, 0.25) is 0 Å². The van der Waals surface area contributed by atoms with Crippen LogP contribution in [0.5, 0.6) is 0 Å². The second kappa shape index (κ2) is 11.7. The van der Waals surface area contributed by atoms with Gasteiger partial charge in [0, 0.05) is 37.1 Å². The lowest BCUT2D eigenvalue weighted by molar-refractivity contribution is -0.183. The SMILES string of the molecule is CN(C)CCNC(=O)[C@@]1(OCc2ccccc2F)C[C@@H](OCc2cccc(F)c2F)[C@@H]2OC(C)(C)O[C@@H]2C1. The zero-order valence-corrected chi connectivity index (χ0v) is 22.1. The van der Waals surface area contributed by atoms with Gasteiger partial charge in [0.25, 0.3) is 5.91 Å². The second-order valence-corrected chi connectivity index (χ2v) is 10.5. The van der Waals surface area contributed by atoms with Crippen molar-refractivity contribution in [1.29, 1.82) is 0 Å². The summed E-state index contributed by atoms with van der Waals surface area (Å²) in [7, 11) is 3.78. The van der Waals surface area contributed by atoms with Crippen LogP contribution in [-0.4, -0.2) is 67.7 Å². The molecular formula is C28H35F3N2O5. The molecule has 2 aromatic rings. The first-order chi connectivity index (χ1) is 18.0. The van der Waals surface area contributed by atoms with Crippen LogP contribution in [0.15, 0.2) is 42.5 Å². The van der Waals surface area contributed by atoms with Crippen molar-refractivity contribution in [1.82, 2.24) is 10.2 Å². The zero-order chi connectivity index (χ0) is 27.5. The fraction of sp³-hybridized carbons (Fsp3) is 0.536. The minimum absolute atomic E-state index is 0.0404. The van der Waals surface area contributed by atoms with E-state index >= 15 is 0 Å². The van der Waals surface area contributed by atoms with E-state index in [4.69, 9.17) is 18.9 Å². The van der Waals surface area contributed by atoms with E-state index in [2.05, 4.69) is 5.32 Å². The number of amides is 1. The molecule has 1 heterocycles. The van der Waals surface area contributed by atoms with Crippen molar-refractivity contribution >= 4 is 5.91 Å². The predicted molar refractivity (Wildman–Crippen MR) is 133 cm³/mol. The lowest BCUT2D eigenvalue weighted by atomic mass is 9.78. The maximum Gasteiger partial charge on any atom is 0.252 e. The van der Waals surface area contributed by atoms with Crippen molar-refractivity contribution in [3.05, 3.63) is 71.0 Å². The molecule has 10 heteroatoms. The zero-order valence-electron chi connectivity index (χ0n) is 22.1. The van der Waals surface area contributed by atoms with Gasteiger partial charge in [-0.1, -0.05) is 30.3 Å². The molecule has 2 aromatic carbocycles. The van der Waals surface area contributed by atoms with E-state index in [0.29, 0.717) is 18.7 Å². The molecule has 2 aliphatic rings. The Morgan fingerprint density at radius 1 is 1.00 bits per heavy atom. The number of carbonyl (C=O) groups excluding carboxylic acids is 1. The molecule has 7 nitrogen and oxygen atoms in total. The molecule has 2 fully saturated rings. The summed E-state index contributed by atoms with van der Waals surface area (Å²) in [5, 5.41) is 2.93. The van der Waals surface area contributed by atoms with E-state index in [1.807, 2.05) is 19.0 Å². The van der Waals surface area contributed by atoms with E-state index in [-0.39, 0.29) is 37.5 Å². The summed E-state index contributed by atoms with van der Waals surface area (Å²) in [5.74, 6) is -3.75. The summed E-state index contributed by atoms with van der Waals surface area (Å²) in [6.45, 7) is 4.09. The van der Waals surface area contributed by atoms with Gasteiger partial charge >= 0.3 is 0 Å². The van der Waals surface area contributed by atoms with E-state index in [1.54, 1.807) is 32.0 Å². The Bertz CT molecular complexity index is 1130. The van der Waals surface area contributed by atoms with Gasteiger partial charge < -0.3 is 29.2 Å². The number of nitrogens with one attached hydrogen (secondary N) is 1. The Kier molecular flexibility index (Phi) is 8.78. The first kappa shape index (κ1) is 28.5. The Hall–Kier alpha value is -2.50. The molecule has 4 rings (SSSR count). The quantitative estimate of drug-likeness (QED) is 0.496. The molecule has 4 atom stereocenters. The first-order valence-corrected chi connectivity index (χ1v) is 12.7. The lowest BCUT2D eigenvalue weighted by Crippen LogP contribution is -2.60. The molecule has 0 unspecified atom stereocenters. The van der Waals surface area contributed by atoms with Crippen LogP contribution in [0.25, 0.3) is 0 Å². The normalized spacial score (nSPS) is 26.4. The number of hydrogen-bond donors (Lipinski definition) is 1. The van der Waals surface area contributed by atoms with Crippen LogP contribution < -0.4 is 5.32 Å². The van der Waals surface area contributed by atoms with Crippen LogP contribution >= 0.6 is 0 Å². The molecule has 0 radical (unpaired) electrons. The van der Waals surface area contributed by atoms with Crippen molar-refractivity contribution in [2.75, 3.05) is 27.2 Å². The molecule has 208 valence electrons. The number of likely N-dealkylation sites (N-methyl/N-ethyl adjacent to an activating group) is 1. The summed E-state index contributed by atoms with van der Waals surface area (Å²) < 4.78 is 67.1. The highest BCUT2D eigenvalue weighted by atomic mass is 19.2. The average molecular weight is 537 g/mol. The van der Waals surface area contributed by atoms with Gasteiger partial charge in [-0.25, -0.2) is 13.2 Å². The van der Waals surface area contributed by atoms with E-state index in [9.17, 15) is 18.0 Å². The number of halogens is 3. The number of hydrogen-bond acceptors (Lipinski definition) is 6. The molecule has 1 aliphatic carbocycles. The molecule has 0 bridgehead atoms. The number of ether oxygens (including phenoxy) is 4. The summed E-state index contributed by atoms with van der Waals surface area (Å²) >= 11 is 0. The van der Waals surface area contributed by atoms with Crippen LogP contribution in [-0.2, 0) is 37.0 Å². The van der Waals surface area contributed by atoms with Gasteiger partial charge in [0.2, 0.25) is 0 Å². The summed E-state index contributed by atoms with van der Waals surface area (Å²) in [5.41, 5.74) is -1.10. The number of fused-ring (bicyclic) bond motifs is 1. The lowest BCUT2D eigenvalue weighted by Gasteiger charge is -2.43. The predicted octanol–water partition coefficient (Wildman–Crippen LogP) is 3.94. The molecule has 38 heavy (non-hydrogen) atoms. The van der Waals surface area contributed by atoms with Gasteiger partial charge in [-0.05, 0) is 40.1 Å². The molecule has 0 aromatic heterocycles. The highest BCUT2D eigenvalue weighted by molar-refractivity contribution is 5.85. The van der Waals surface area contributed by atoms with E-state index in [0.717, 1.165) is 6.07 Å². The molecule has 0 spiro atoms. The summed E-state index contributed by atoms with van der Waals surface area (Å²) in [6, 6.07) is 10.1. The largest absolute Gasteiger partial charge is 0.370 e. The third-order valence-corrected chi connectivity index (χ3v) is 6.85. The molecular weight excluding hydrogens is 501 g/mol. The standard InChI is InChI=1S/C28H35F3N2O5/c1-27(2)37-23-15-28(26(34)32-12-13-33(3)4,36-17-18-8-5-6-10-20(18)29)14-22(25(23)38-27)35-16-19-9-7-11-21(30)24(19)31/h5-11,22-23,25H,12-17H2,1-4H3,(H,32,34)/t22-,23-,25+,28-/m1/s1. The highest BCUT2D eigenvalue weighted by Crippen LogP contribution is 2.44. The Morgan fingerprint density at radius 3 is 2.45 bits per heavy atom. The van der Waals surface area contributed by atoms with Gasteiger partial charge in [-0.2, -0.15) is 0 Å². The molecule has 1 N–H and O–H groups in total. The topological polar surface area (TPSA) is 69.3 Å². The van der Waals surface area contributed by atoms with Gasteiger partial charge in [-0.3, -0.25) is 4.79 Å². The van der Waals surface area contributed by atoms with Gasteiger partial charge in [0.1, 0.15) is 11.9 Å². The van der Waals surface area contributed by atoms with Crippen LogP contribution in [0.1, 0.15) is 37.8 Å². The first-order valence-electron chi connectivity index (χ1n) is 12.7. The van der Waals surface area contributed by atoms with Crippen molar-refractivity contribution in [2.24, 2.45) is 0 Å². The minimum atomic E-state index is -1.44. The fourth-order valence-corrected chi connectivity index (χ4v) is 4.95. The van der Waals surface area contributed by atoms with Crippen molar-refractivity contribution < 1.29 is 36.9 Å². The number of nitrogens with zero attached hydrogens (tertiary/aromatic N) is 1. The summed E-state index contributed by atoms with van der Waals surface area (Å²) in [4.78, 5) is 15.6. The summed E-state index contributed by atoms with van der Waals surface area (Å²) in [6.07, 6.45) is -1.70. The number of benzene rings is 2. The van der Waals surface area contributed by atoms with E-state index < -0.39 is 47.2 Å². The van der Waals surface area contributed by atoms with Crippen LogP contribution in [0.4, 0.5) is 13.2 Å². The van der Waals surface area contributed by atoms with Gasteiger partial charge in [-0.15, -0.1) is 0 Å². The van der Waals surface area contributed by atoms with Crippen LogP contribution in [0.3, 0.4) is 0 Å². The second-order valence-electron chi connectivity index (χ2n) is 10.5. The Labute approximate surface area is 221 Å². The van der Waals surface area contributed by atoms with E-state index in [1.165, 1.54) is 18.2 Å². The molecule has 1 amide bonds. The van der Waals surface area contributed by atoms with Crippen LogP contribution in [0, 0.1) is 17.5 Å². The molecule has 1 saturated heterocycles. The fourth-order valence-electron chi connectivity index (χ4n) is 4.95. The van der Waals surface area contributed by atoms with Gasteiger partial charge in [0.15, 0.2) is 23.0 Å². The Balaban J connectivity index is 1.61. The van der Waals surface area contributed by atoms with Crippen molar-refractivity contribution in [3.63, 3.8) is 0 Å². The maximum absolute atomic E-state index is 14.4. The van der Waals surface area contributed by atoms with Gasteiger partial charge in [0.05, 0.1) is 25.4 Å². The highest BCUT2D eigenvalue weighted by Gasteiger charge is 2.58. The maximum atomic E-state index is 14.4. The van der Waals surface area contributed by atoms with Crippen molar-refractivity contribution in [2.45, 2.75) is 69.6 Å². The Morgan fingerprint density at radius 2 is 1.71 bits per heavy atom. The minimum Gasteiger partial charge on any atom is -0.370 e. The number of rotatable bonds is 10. The number of carbonyl (C=O) groups is 1. The molecule has 1 saturated carbocycles. The smallest absolute Gasteiger partial charge is 0.252 e. The average Bonchev–Trinajstić information content (AvgIpc) is 3.17.